The maximum absolute atomic E-state index is 12.8. The third-order valence-electron chi connectivity index (χ3n) is 5.77. The number of para-hydroxylation sites is 1. The van der Waals surface area contributed by atoms with Gasteiger partial charge in [-0.15, -0.1) is 0 Å². The van der Waals surface area contributed by atoms with Crippen LogP contribution in [-0.2, 0) is 16.0 Å². The van der Waals surface area contributed by atoms with Crippen molar-refractivity contribution in [2.24, 2.45) is 0 Å². The van der Waals surface area contributed by atoms with Gasteiger partial charge in [-0.3, -0.25) is 4.79 Å². The molecule has 2 saturated heterocycles. The third kappa shape index (κ3) is 4.97. The van der Waals surface area contributed by atoms with E-state index in [0.717, 1.165) is 55.4 Å². The Bertz CT molecular complexity index is 917. The standard InChI is InChI=1S/C22H29N3O3S/c1-15-5-2-6-16-11-17(21(26)24-20(15)16)13-25(14-19-8-4-10-28-19)22(29)23-12-18-7-3-9-27-18/h2,5-6,11,18-19H,3-4,7-10,12-14H2,1H3,(H,23,29)(H,24,26). The van der Waals surface area contributed by atoms with Crippen LogP contribution in [0.1, 0.15) is 36.8 Å². The Hall–Kier alpha value is -1.96. The van der Waals surface area contributed by atoms with Gasteiger partial charge in [0.15, 0.2) is 5.11 Å². The molecule has 0 radical (unpaired) electrons. The van der Waals surface area contributed by atoms with E-state index in [4.69, 9.17) is 21.7 Å². The number of rotatable bonds is 6. The number of fused-ring (bicyclic) bond motifs is 1. The van der Waals surface area contributed by atoms with Gasteiger partial charge in [-0.2, -0.15) is 0 Å². The first-order valence-electron chi connectivity index (χ1n) is 10.5. The van der Waals surface area contributed by atoms with Crippen molar-refractivity contribution in [1.29, 1.82) is 0 Å². The minimum Gasteiger partial charge on any atom is -0.376 e. The third-order valence-corrected chi connectivity index (χ3v) is 6.17. The molecule has 2 aromatic rings. The van der Waals surface area contributed by atoms with Gasteiger partial charge in [-0.1, -0.05) is 18.2 Å². The number of aromatic nitrogens is 1. The highest BCUT2D eigenvalue weighted by Crippen LogP contribution is 2.18. The quantitative estimate of drug-likeness (QED) is 0.708. The van der Waals surface area contributed by atoms with E-state index in [-0.39, 0.29) is 17.8 Å². The Morgan fingerprint density at radius 1 is 1.24 bits per heavy atom. The molecule has 2 atom stereocenters. The van der Waals surface area contributed by atoms with E-state index in [1.54, 1.807) is 0 Å². The fourth-order valence-electron chi connectivity index (χ4n) is 4.12. The first-order chi connectivity index (χ1) is 14.1. The lowest BCUT2D eigenvalue weighted by molar-refractivity contribution is 0.0885. The zero-order valence-corrected chi connectivity index (χ0v) is 17.7. The van der Waals surface area contributed by atoms with Crippen molar-refractivity contribution < 1.29 is 9.47 Å². The van der Waals surface area contributed by atoms with Crippen molar-refractivity contribution in [3.05, 3.63) is 45.7 Å². The number of benzene rings is 1. The molecule has 6 nitrogen and oxygen atoms in total. The Morgan fingerprint density at radius 2 is 2.00 bits per heavy atom. The van der Waals surface area contributed by atoms with Gasteiger partial charge in [0.25, 0.3) is 5.56 Å². The van der Waals surface area contributed by atoms with Crippen LogP contribution in [0.5, 0.6) is 0 Å². The number of pyridine rings is 1. The minimum atomic E-state index is -0.0638. The average Bonchev–Trinajstić information content (AvgIpc) is 3.41. The van der Waals surface area contributed by atoms with Crippen LogP contribution in [0, 0.1) is 6.92 Å². The highest BCUT2D eigenvalue weighted by atomic mass is 32.1. The van der Waals surface area contributed by atoms with Crippen molar-refractivity contribution in [1.82, 2.24) is 15.2 Å². The normalized spacial score (nSPS) is 21.6. The second-order valence-corrected chi connectivity index (χ2v) is 8.39. The van der Waals surface area contributed by atoms with Crippen molar-refractivity contribution >= 4 is 28.2 Å². The van der Waals surface area contributed by atoms with E-state index in [2.05, 4.69) is 15.2 Å². The molecule has 0 aliphatic carbocycles. The monoisotopic (exact) mass is 415 g/mol. The summed E-state index contributed by atoms with van der Waals surface area (Å²) in [6, 6.07) is 8.02. The summed E-state index contributed by atoms with van der Waals surface area (Å²) in [6.45, 7) is 5.47. The molecular formula is C22H29N3O3S. The summed E-state index contributed by atoms with van der Waals surface area (Å²) in [5.74, 6) is 0. The topological polar surface area (TPSA) is 66.6 Å². The lowest BCUT2D eigenvalue weighted by Crippen LogP contribution is -2.45. The summed E-state index contributed by atoms with van der Waals surface area (Å²) < 4.78 is 11.5. The Kier molecular flexibility index (Phi) is 6.47. The summed E-state index contributed by atoms with van der Waals surface area (Å²) in [7, 11) is 0. The van der Waals surface area contributed by atoms with Crippen molar-refractivity contribution in [3.8, 4) is 0 Å². The van der Waals surface area contributed by atoms with E-state index in [0.29, 0.717) is 30.3 Å². The zero-order valence-electron chi connectivity index (χ0n) is 16.9. The van der Waals surface area contributed by atoms with Gasteiger partial charge in [0, 0.05) is 31.9 Å². The number of hydrogen-bond donors (Lipinski definition) is 2. The zero-order chi connectivity index (χ0) is 20.2. The Morgan fingerprint density at radius 3 is 2.72 bits per heavy atom. The highest BCUT2D eigenvalue weighted by molar-refractivity contribution is 7.80. The number of ether oxygens (including phenoxy) is 2. The predicted molar refractivity (Wildman–Crippen MR) is 118 cm³/mol. The van der Waals surface area contributed by atoms with E-state index >= 15 is 0 Å². The molecule has 2 aliphatic heterocycles. The molecule has 29 heavy (non-hydrogen) atoms. The lowest BCUT2D eigenvalue weighted by Gasteiger charge is -2.28. The van der Waals surface area contributed by atoms with Gasteiger partial charge in [0.05, 0.1) is 24.3 Å². The van der Waals surface area contributed by atoms with Crippen LogP contribution in [0.4, 0.5) is 0 Å². The number of nitrogens with one attached hydrogen (secondary N) is 2. The Balaban J connectivity index is 1.52. The molecule has 2 N–H and O–H groups in total. The maximum Gasteiger partial charge on any atom is 0.253 e. The molecule has 156 valence electrons. The number of aromatic amines is 1. The van der Waals surface area contributed by atoms with E-state index < -0.39 is 0 Å². The number of hydrogen-bond acceptors (Lipinski definition) is 4. The molecule has 1 aromatic heterocycles. The highest BCUT2D eigenvalue weighted by Gasteiger charge is 2.23. The fraction of sp³-hybridized carbons (Fsp3) is 0.545. The van der Waals surface area contributed by atoms with E-state index in [1.165, 1.54) is 0 Å². The molecule has 0 spiro atoms. The second kappa shape index (κ2) is 9.24. The summed E-state index contributed by atoms with van der Waals surface area (Å²) >= 11 is 5.70. The minimum absolute atomic E-state index is 0.0638. The Labute approximate surface area is 176 Å². The van der Waals surface area contributed by atoms with Crippen molar-refractivity contribution in [3.63, 3.8) is 0 Å². The van der Waals surface area contributed by atoms with Crippen LogP contribution in [0.3, 0.4) is 0 Å². The molecule has 0 bridgehead atoms. The molecule has 7 heteroatoms. The number of nitrogens with zero attached hydrogens (tertiary/aromatic N) is 1. The van der Waals surface area contributed by atoms with E-state index in [9.17, 15) is 4.79 Å². The predicted octanol–water partition coefficient (Wildman–Crippen LogP) is 2.87. The molecule has 1 aromatic carbocycles. The van der Waals surface area contributed by atoms with Gasteiger partial charge in [-0.05, 0) is 61.8 Å². The van der Waals surface area contributed by atoms with E-state index in [1.807, 2.05) is 31.2 Å². The molecule has 0 saturated carbocycles. The number of thiocarbonyl (C=S) groups is 1. The van der Waals surface area contributed by atoms with Crippen LogP contribution in [0.2, 0.25) is 0 Å². The van der Waals surface area contributed by atoms with Crippen molar-refractivity contribution in [2.75, 3.05) is 26.3 Å². The molecular weight excluding hydrogens is 386 g/mol. The summed E-state index contributed by atoms with van der Waals surface area (Å²) in [6.07, 6.45) is 4.63. The summed E-state index contributed by atoms with van der Waals surface area (Å²) in [4.78, 5) is 17.9. The van der Waals surface area contributed by atoms with Gasteiger partial charge in [-0.25, -0.2) is 0 Å². The number of H-pyrrole nitrogens is 1. The van der Waals surface area contributed by atoms with Crippen molar-refractivity contribution in [2.45, 2.75) is 51.4 Å². The molecule has 2 fully saturated rings. The largest absolute Gasteiger partial charge is 0.376 e. The SMILES string of the molecule is Cc1cccc2cc(CN(CC3CCCO3)C(=S)NCC3CCCO3)c(=O)[nH]c12. The van der Waals surface area contributed by atoms with Gasteiger partial charge >= 0.3 is 0 Å². The molecule has 4 rings (SSSR count). The maximum atomic E-state index is 12.8. The molecule has 0 amide bonds. The van der Waals surface area contributed by atoms with Crippen LogP contribution < -0.4 is 10.9 Å². The average molecular weight is 416 g/mol. The molecule has 3 heterocycles. The van der Waals surface area contributed by atoms with Crippen LogP contribution in [0.15, 0.2) is 29.1 Å². The molecule has 2 unspecified atom stereocenters. The van der Waals surface area contributed by atoms with Crippen LogP contribution >= 0.6 is 12.2 Å². The van der Waals surface area contributed by atoms with Crippen LogP contribution in [0.25, 0.3) is 10.9 Å². The smallest absolute Gasteiger partial charge is 0.253 e. The van der Waals surface area contributed by atoms with Gasteiger partial charge < -0.3 is 24.7 Å². The van der Waals surface area contributed by atoms with Crippen LogP contribution in [-0.4, -0.2) is 53.5 Å². The second-order valence-electron chi connectivity index (χ2n) is 8.00. The fourth-order valence-corrected chi connectivity index (χ4v) is 4.35. The summed E-state index contributed by atoms with van der Waals surface area (Å²) in [5.41, 5.74) is 2.61. The number of aryl methyl sites for hydroxylation is 1. The lowest BCUT2D eigenvalue weighted by atomic mass is 10.1. The first-order valence-corrected chi connectivity index (χ1v) is 10.9. The first kappa shape index (κ1) is 20.3. The van der Waals surface area contributed by atoms with Gasteiger partial charge in [0.1, 0.15) is 0 Å². The summed E-state index contributed by atoms with van der Waals surface area (Å²) in [5, 5.41) is 5.04. The molecule has 2 aliphatic rings. The van der Waals surface area contributed by atoms with Gasteiger partial charge in [0.2, 0.25) is 0 Å².